The van der Waals surface area contributed by atoms with Crippen LogP contribution in [-0.4, -0.2) is 29.5 Å². The molecule has 0 spiro atoms. The van der Waals surface area contributed by atoms with Gasteiger partial charge in [-0.25, -0.2) is 0 Å². The molecule has 0 saturated carbocycles. The predicted octanol–water partition coefficient (Wildman–Crippen LogP) is 1.70. The van der Waals surface area contributed by atoms with Gasteiger partial charge in [0.15, 0.2) is 0 Å². The minimum Gasteiger partial charge on any atom is -0.381 e. The molecule has 2 unspecified atom stereocenters. The van der Waals surface area contributed by atoms with Crippen molar-refractivity contribution in [3.8, 4) is 0 Å². The van der Waals surface area contributed by atoms with Crippen molar-refractivity contribution >= 4 is 21.8 Å². The number of halogens is 1. The van der Waals surface area contributed by atoms with Crippen molar-refractivity contribution in [2.45, 2.75) is 37.6 Å². The third-order valence-electron chi connectivity index (χ3n) is 2.57. The molecule has 4 heteroatoms. The lowest BCUT2D eigenvalue weighted by atomic mass is 10.00. The second-order valence-corrected chi connectivity index (χ2v) is 6.34. The topological polar surface area (TPSA) is 38.3 Å². The highest BCUT2D eigenvalue weighted by molar-refractivity contribution is 9.10. The lowest BCUT2D eigenvalue weighted by Crippen LogP contribution is -2.45. The molecule has 1 fully saturated rings. The molecule has 1 N–H and O–H groups in total. The van der Waals surface area contributed by atoms with Crippen LogP contribution < -0.4 is 5.32 Å². The van der Waals surface area contributed by atoms with Crippen LogP contribution in [0.4, 0.5) is 0 Å². The maximum atomic E-state index is 11.6. The van der Waals surface area contributed by atoms with Crippen molar-refractivity contribution in [2.24, 2.45) is 5.92 Å². The molecule has 1 aliphatic heterocycles. The van der Waals surface area contributed by atoms with Crippen LogP contribution in [0.2, 0.25) is 0 Å². The second-order valence-electron chi connectivity index (χ2n) is 4.36. The molecule has 1 heterocycles. The summed E-state index contributed by atoms with van der Waals surface area (Å²) >= 11 is 3.34. The Balaban J connectivity index is 2.39. The van der Waals surface area contributed by atoms with Crippen molar-refractivity contribution in [1.29, 1.82) is 0 Å². The van der Waals surface area contributed by atoms with Crippen molar-refractivity contribution < 1.29 is 9.53 Å². The van der Waals surface area contributed by atoms with E-state index in [9.17, 15) is 4.79 Å². The number of amides is 1. The van der Waals surface area contributed by atoms with E-state index in [0.717, 1.165) is 19.6 Å². The molecule has 1 rings (SSSR count). The van der Waals surface area contributed by atoms with Crippen LogP contribution in [0.5, 0.6) is 0 Å². The van der Waals surface area contributed by atoms with Gasteiger partial charge in [0, 0.05) is 18.6 Å². The fourth-order valence-corrected chi connectivity index (χ4v) is 1.56. The van der Waals surface area contributed by atoms with Crippen LogP contribution in [-0.2, 0) is 9.53 Å². The smallest absolute Gasteiger partial charge is 0.236 e. The van der Waals surface area contributed by atoms with Gasteiger partial charge in [0.05, 0.1) is 10.9 Å². The predicted molar refractivity (Wildman–Crippen MR) is 59.5 cm³/mol. The third kappa shape index (κ3) is 3.24. The fraction of sp³-hybridized carbons (Fsp3) is 0.900. The van der Waals surface area contributed by atoms with Crippen LogP contribution >= 0.6 is 15.9 Å². The zero-order valence-corrected chi connectivity index (χ0v) is 10.6. The summed E-state index contributed by atoms with van der Waals surface area (Å²) in [4.78, 5) is 11.6. The average Bonchev–Trinajstić information content (AvgIpc) is 2.53. The molecule has 2 atom stereocenters. The van der Waals surface area contributed by atoms with Gasteiger partial charge >= 0.3 is 0 Å². The molecule has 0 aromatic heterocycles. The molecule has 0 bridgehead atoms. The number of hydrogen-bond donors (Lipinski definition) is 1. The largest absolute Gasteiger partial charge is 0.381 e. The standard InChI is InChI=1S/C10H18BrNO2/c1-7(8-4-5-14-6-8)12-9(13)10(2,3)11/h7-8H,4-6H2,1-3H3,(H,12,13). The molecular formula is C10H18BrNO2. The van der Waals surface area contributed by atoms with E-state index in [1.165, 1.54) is 0 Å². The molecule has 14 heavy (non-hydrogen) atoms. The van der Waals surface area contributed by atoms with E-state index >= 15 is 0 Å². The highest BCUT2D eigenvalue weighted by Gasteiger charge is 2.29. The minimum absolute atomic E-state index is 0.0388. The van der Waals surface area contributed by atoms with Crippen LogP contribution in [0.3, 0.4) is 0 Å². The van der Waals surface area contributed by atoms with Crippen molar-refractivity contribution in [2.75, 3.05) is 13.2 Å². The molecule has 1 amide bonds. The molecule has 0 aromatic carbocycles. The van der Waals surface area contributed by atoms with Gasteiger partial charge in [0.2, 0.25) is 5.91 Å². The summed E-state index contributed by atoms with van der Waals surface area (Å²) in [6.07, 6.45) is 1.05. The minimum atomic E-state index is -0.485. The molecule has 82 valence electrons. The molecule has 1 aliphatic rings. The van der Waals surface area contributed by atoms with Crippen molar-refractivity contribution in [3.05, 3.63) is 0 Å². The number of nitrogens with one attached hydrogen (secondary N) is 1. The Hall–Kier alpha value is -0.0900. The monoisotopic (exact) mass is 263 g/mol. The summed E-state index contributed by atoms with van der Waals surface area (Å²) < 4.78 is 4.80. The Morgan fingerprint density at radius 2 is 2.29 bits per heavy atom. The zero-order chi connectivity index (χ0) is 10.8. The number of alkyl halides is 1. The summed E-state index contributed by atoms with van der Waals surface area (Å²) in [5.74, 6) is 0.505. The summed E-state index contributed by atoms with van der Waals surface area (Å²) in [5, 5.41) is 3.00. The summed E-state index contributed by atoms with van der Waals surface area (Å²) in [7, 11) is 0. The Kier molecular flexibility index (Phi) is 3.95. The Morgan fingerprint density at radius 1 is 1.64 bits per heavy atom. The first-order valence-corrected chi connectivity index (χ1v) is 5.78. The summed E-state index contributed by atoms with van der Waals surface area (Å²) in [6.45, 7) is 7.32. The maximum Gasteiger partial charge on any atom is 0.236 e. The van der Waals surface area contributed by atoms with E-state index in [2.05, 4.69) is 21.2 Å². The van der Waals surface area contributed by atoms with E-state index in [1.807, 2.05) is 20.8 Å². The van der Waals surface area contributed by atoms with Crippen molar-refractivity contribution in [3.63, 3.8) is 0 Å². The molecular weight excluding hydrogens is 246 g/mol. The SMILES string of the molecule is CC(NC(=O)C(C)(C)Br)C1CCOC1. The van der Waals surface area contributed by atoms with Crippen LogP contribution in [0.1, 0.15) is 27.2 Å². The Morgan fingerprint density at radius 3 is 2.71 bits per heavy atom. The lowest BCUT2D eigenvalue weighted by molar-refractivity contribution is -0.123. The second kappa shape index (κ2) is 4.62. The fourth-order valence-electron chi connectivity index (χ4n) is 1.44. The van der Waals surface area contributed by atoms with E-state index < -0.39 is 4.32 Å². The average molecular weight is 264 g/mol. The van der Waals surface area contributed by atoms with Gasteiger partial charge in [-0.15, -0.1) is 0 Å². The Bertz CT molecular complexity index is 207. The number of carbonyl (C=O) groups excluding carboxylic acids is 1. The van der Waals surface area contributed by atoms with Crippen LogP contribution in [0, 0.1) is 5.92 Å². The molecule has 0 aromatic rings. The normalized spacial score (nSPS) is 24.7. The van der Waals surface area contributed by atoms with Crippen LogP contribution in [0.15, 0.2) is 0 Å². The van der Waals surface area contributed by atoms with E-state index in [-0.39, 0.29) is 11.9 Å². The van der Waals surface area contributed by atoms with Gasteiger partial charge in [-0.2, -0.15) is 0 Å². The number of ether oxygens (including phenoxy) is 1. The number of carbonyl (C=O) groups is 1. The zero-order valence-electron chi connectivity index (χ0n) is 8.97. The number of rotatable bonds is 3. The van der Waals surface area contributed by atoms with Gasteiger partial charge in [-0.3, -0.25) is 4.79 Å². The van der Waals surface area contributed by atoms with Crippen molar-refractivity contribution in [1.82, 2.24) is 5.32 Å². The highest BCUT2D eigenvalue weighted by Crippen LogP contribution is 2.19. The first-order chi connectivity index (χ1) is 6.41. The van der Waals surface area contributed by atoms with Gasteiger partial charge in [-0.1, -0.05) is 15.9 Å². The van der Waals surface area contributed by atoms with Gasteiger partial charge in [-0.05, 0) is 27.2 Å². The van der Waals surface area contributed by atoms with E-state index in [0.29, 0.717) is 5.92 Å². The Labute approximate surface area is 93.7 Å². The highest BCUT2D eigenvalue weighted by atomic mass is 79.9. The first kappa shape index (κ1) is 12.0. The summed E-state index contributed by atoms with van der Waals surface area (Å²) in [6, 6.07) is 0.196. The lowest BCUT2D eigenvalue weighted by Gasteiger charge is -2.23. The molecule has 3 nitrogen and oxygen atoms in total. The summed E-state index contributed by atoms with van der Waals surface area (Å²) in [5.41, 5.74) is 0. The van der Waals surface area contributed by atoms with Crippen LogP contribution in [0.25, 0.3) is 0 Å². The van der Waals surface area contributed by atoms with E-state index in [1.54, 1.807) is 0 Å². The maximum absolute atomic E-state index is 11.6. The van der Waals surface area contributed by atoms with E-state index in [4.69, 9.17) is 4.74 Å². The first-order valence-electron chi connectivity index (χ1n) is 4.99. The quantitative estimate of drug-likeness (QED) is 0.788. The number of hydrogen-bond acceptors (Lipinski definition) is 2. The van der Waals surface area contributed by atoms with Gasteiger partial charge < -0.3 is 10.1 Å². The van der Waals surface area contributed by atoms with Gasteiger partial charge in [0.25, 0.3) is 0 Å². The third-order valence-corrected chi connectivity index (χ3v) is 2.93. The molecule has 0 radical (unpaired) electrons. The molecule has 0 aliphatic carbocycles. The van der Waals surface area contributed by atoms with Gasteiger partial charge in [0.1, 0.15) is 0 Å². The molecule has 1 saturated heterocycles.